The summed E-state index contributed by atoms with van der Waals surface area (Å²) in [7, 11) is 3.93. The van der Waals surface area contributed by atoms with Crippen LogP contribution in [0.3, 0.4) is 0 Å². The van der Waals surface area contributed by atoms with Crippen LogP contribution in [0.2, 0.25) is 0 Å². The first-order valence-corrected chi connectivity index (χ1v) is 21.2. The molecule has 0 N–H and O–H groups in total. The fourth-order valence-corrected chi connectivity index (χ4v) is 13.9. The molecule has 10 atom stereocenters. The van der Waals surface area contributed by atoms with Gasteiger partial charge in [0.2, 0.25) is 0 Å². The molecular weight excluding hydrogens is 631 g/mol. The molecular formula is C41H63N3O4S. The van der Waals surface area contributed by atoms with Crippen LogP contribution in [0, 0.1) is 41.4 Å². The van der Waals surface area contributed by atoms with E-state index in [0.29, 0.717) is 48.1 Å². The number of thioether (sulfide) groups is 1. The van der Waals surface area contributed by atoms with E-state index in [9.17, 15) is 14.4 Å². The number of amides is 4. The highest BCUT2D eigenvalue weighted by Crippen LogP contribution is 2.60. The van der Waals surface area contributed by atoms with Crippen molar-refractivity contribution in [3.8, 4) is 0 Å². The van der Waals surface area contributed by atoms with Crippen LogP contribution in [0.1, 0.15) is 123 Å². The van der Waals surface area contributed by atoms with Gasteiger partial charge in [0.1, 0.15) is 5.57 Å². The molecule has 49 heavy (non-hydrogen) atoms. The van der Waals surface area contributed by atoms with Crippen LogP contribution in [-0.2, 0) is 14.3 Å². The Balaban J connectivity index is 1.28. The lowest BCUT2D eigenvalue weighted by Crippen LogP contribution is -2.57. The monoisotopic (exact) mass is 693 g/mol. The van der Waals surface area contributed by atoms with Gasteiger partial charge in [0.05, 0.1) is 13.2 Å². The number of ether oxygens (including phenoxy) is 1. The summed E-state index contributed by atoms with van der Waals surface area (Å²) in [6.07, 6.45) is 23.2. The number of urea groups is 1. The van der Waals surface area contributed by atoms with E-state index in [0.717, 1.165) is 54.9 Å². The summed E-state index contributed by atoms with van der Waals surface area (Å²) in [6, 6.07) is 0.415. The highest BCUT2D eigenvalue weighted by molar-refractivity contribution is 8.04. The SMILES string of the molecule is CCCCN1C(=O)/C(=C(\C=C2SC3CCC4CCCCC4C3C2CC)CC2CC3CCC4CCCCC4C3N2C)C(=O)N(CCOC)C1=O. The van der Waals surface area contributed by atoms with E-state index in [-0.39, 0.29) is 24.6 Å². The van der Waals surface area contributed by atoms with Crippen LogP contribution in [0.15, 0.2) is 22.1 Å². The number of imide groups is 2. The maximum absolute atomic E-state index is 14.5. The Morgan fingerprint density at radius 1 is 0.837 bits per heavy atom. The van der Waals surface area contributed by atoms with Gasteiger partial charge in [-0.3, -0.25) is 24.3 Å². The molecule has 8 heteroatoms. The van der Waals surface area contributed by atoms with E-state index in [4.69, 9.17) is 4.74 Å². The van der Waals surface area contributed by atoms with Gasteiger partial charge in [0.25, 0.3) is 11.8 Å². The Hall–Kier alpha value is -1.64. The number of unbranched alkanes of at least 4 members (excludes halogenated alkanes) is 1. The van der Waals surface area contributed by atoms with Crippen molar-refractivity contribution in [3.63, 3.8) is 0 Å². The number of allylic oxidation sites excluding steroid dienone is 2. The van der Waals surface area contributed by atoms with Crippen LogP contribution in [-0.4, -0.2) is 83.7 Å². The molecule has 7 rings (SSSR count). The minimum atomic E-state index is -0.486. The zero-order valence-corrected chi connectivity index (χ0v) is 31.7. The van der Waals surface area contributed by atoms with E-state index in [2.05, 4.69) is 43.6 Å². The van der Waals surface area contributed by atoms with Gasteiger partial charge >= 0.3 is 6.03 Å². The molecule has 272 valence electrons. The van der Waals surface area contributed by atoms with E-state index in [1.165, 1.54) is 91.8 Å². The predicted molar refractivity (Wildman–Crippen MR) is 197 cm³/mol. The van der Waals surface area contributed by atoms with Crippen molar-refractivity contribution >= 4 is 29.6 Å². The number of likely N-dealkylation sites (tertiary alicyclic amines) is 1. The minimum absolute atomic E-state index is 0.160. The van der Waals surface area contributed by atoms with Crippen LogP contribution in [0.25, 0.3) is 0 Å². The lowest BCUT2D eigenvalue weighted by Gasteiger charge is -2.45. The first-order chi connectivity index (χ1) is 23.9. The smallest absolute Gasteiger partial charge is 0.334 e. The fourth-order valence-electron chi connectivity index (χ4n) is 12.1. The van der Waals surface area contributed by atoms with Crippen LogP contribution in [0.4, 0.5) is 4.79 Å². The summed E-state index contributed by atoms with van der Waals surface area (Å²) in [5.41, 5.74) is 1.14. The second kappa shape index (κ2) is 15.5. The van der Waals surface area contributed by atoms with Gasteiger partial charge in [-0.05, 0) is 129 Å². The molecule has 0 spiro atoms. The quantitative estimate of drug-likeness (QED) is 0.169. The van der Waals surface area contributed by atoms with Crippen molar-refractivity contribution in [2.45, 2.75) is 140 Å². The molecule has 0 bridgehead atoms. The molecule has 3 saturated heterocycles. The Morgan fingerprint density at radius 3 is 2.20 bits per heavy atom. The highest BCUT2D eigenvalue weighted by atomic mass is 32.2. The van der Waals surface area contributed by atoms with Crippen molar-refractivity contribution in [1.82, 2.24) is 14.7 Å². The molecule has 3 aliphatic heterocycles. The summed E-state index contributed by atoms with van der Waals surface area (Å²) in [5.74, 6) is 4.40. The number of methoxy groups -OCH3 is 1. The van der Waals surface area contributed by atoms with Crippen LogP contribution in [0.5, 0.6) is 0 Å². The van der Waals surface area contributed by atoms with Crippen molar-refractivity contribution < 1.29 is 19.1 Å². The Morgan fingerprint density at radius 2 is 1.49 bits per heavy atom. The molecule has 0 aromatic carbocycles. The van der Waals surface area contributed by atoms with Gasteiger partial charge in [-0.15, -0.1) is 11.8 Å². The number of carbonyl (C=O) groups is 3. The lowest BCUT2D eigenvalue weighted by atomic mass is 9.61. The first kappa shape index (κ1) is 35.7. The summed E-state index contributed by atoms with van der Waals surface area (Å²) >= 11 is 2.08. The van der Waals surface area contributed by atoms with Gasteiger partial charge in [-0.1, -0.05) is 58.8 Å². The van der Waals surface area contributed by atoms with Gasteiger partial charge in [-0.25, -0.2) is 4.79 Å². The third-order valence-corrected chi connectivity index (χ3v) is 16.0. The second-order valence-corrected chi connectivity index (χ2v) is 18.1. The van der Waals surface area contributed by atoms with Gasteiger partial charge < -0.3 is 4.74 Å². The molecule has 0 aromatic rings. The zero-order chi connectivity index (χ0) is 34.2. The Bertz CT molecular complexity index is 1280. The Labute approximate surface area is 300 Å². The standard InChI is InChI=1S/C41H63N3O4S/c1-5-7-20-43-39(45)36(40(46)44(41(43)47)21-22-48-4)29(24-30-23-28-17-16-27-13-9-11-15-33(27)38(28)42(30)3)25-35-31(6-2)37-32-14-10-8-12-26(32)18-19-34(37)49-35/h25-28,30-34,37-38H,5-24H2,1-4H3/b35-25?,36-29+. The molecule has 10 unspecified atom stereocenters. The second-order valence-electron chi connectivity index (χ2n) is 16.8. The average molecular weight is 694 g/mol. The Kier molecular flexibility index (Phi) is 11.3. The summed E-state index contributed by atoms with van der Waals surface area (Å²) in [4.78, 5) is 49.4. The largest absolute Gasteiger partial charge is 0.383 e. The number of fused-ring (bicyclic) bond motifs is 6. The van der Waals surface area contributed by atoms with Crippen molar-refractivity contribution in [3.05, 3.63) is 22.1 Å². The van der Waals surface area contributed by atoms with Gasteiger partial charge in [0, 0.05) is 31.0 Å². The summed E-state index contributed by atoms with van der Waals surface area (Å²) in [5, 5.41) is 0.639. The maximum Gasteiger partial charge on any atom is 0.334 e. The van der Waals surface area contributed by atoms with Gasteiger partial charge in [0.15, 0.2) is 0 Å². The fraction of sp³-hybridized carbons (Fsp3) is 0.829. The van der Waals surface area contributed by atoms with Crippen molar-refractivity contribution in [2.75, 3.05) is 33.9 Å². The zero-order valence-electron chi connectivity index (χ0n) is 30.9. The van der Waals surface area contributed by atoms with E-state index >= 15 is 0 Å². The molecule has 7 aliphatic rings. The summed E-state index contributed by atoms with van der Waals surface area (Å²) in [6.45, 7) is 5.19. The van der Waals surface area contributed by atoms with E-state index in [1.54, 1.807) is 7.11 Å². The van der Waals surface area contributed by atoms with E-state index in [1.807, 2.05) is 0 Å². The normalized spacial score (nSPS) is 40.0. The molecule has 4 aliphatic carbocycles. The van der Waals surface area contributed by atoms with Crippen molar-refractivity contribution in [1.29, 1.82) is 0 Å². The topological polar surface area (TPSA) is 70.2 Å². The molecule has 4 amide bonds. The molecule has 0 aromatic heterocycles. The van der Waals surface area contributed by atoms with Crippen LogP contribution < -0.4 is 0 Å². The molecule has 0 radical (unpaired) electrons. The molecule has 7 fully saturated rings. The molecule has 7 nitrogen and oxygen atoms in total. The summed E-state index contributed by atoms with van der Waals surface area (Å²) < 4.78 is 5.35. The number of barbiturate groups is 1. The number of hydrogen-bond acceptors (Lipinski definition) is 6. The predicted octanol–water partition coefficient (Wildman–Crippen LogP) is 8.44. The van der Waals surface area contributed by atoms with E-state index < -0.39 is 11.9 Å². The minimum Gasteiger partial charge on any atom is -0.383 e. The molecule has 4 saturated carbocycles. The van der Waals surface area contributed by atoms with Crippen molar-refractivity contribution in [2.24, 2.45) is 41.4 Å². The number of nitrogens with zero attached hydrogens (tertiary/aromatic N) is 3. The number of carbonyl (C=O) groups excluding carboxylic acids is 3. The third kappa shape index (κ3) is 6.74. The number of hydrogen-bond donors (Lipinski definition) is 0. The molecule has 3 heterocycles. The van der Waals surface area contributed by atoms with Gasteiger partial charge in [-0.2, -0.15) is 0 Å². The highest BCUT2D eigenvalue weighted by Gasteiger charge is 2.52. The maximum atomic E-state index is 14.5. The third-order valence-electron chi connectivity index (χ3n) is 14.4. The van der Waals surface area contributed by atoms with Crippen LogP contribution >= 0.6 is 11.8 Å². The number of rotatable bonds is 10. The average Bonchev–Trinajstić information content (AvgIpc) is 3.64. The first-order valence-electron chi connectivity index (χ1n) is 20.4. The lowest BCUT2D eigenvalue weighted by molar-refractivity contribution is -0.136.